The number of nitrogens with zero attached hydrogens (tertiary/aromatic N) is 2. The Bertz CT molecular complexity index is 539. The van der Waals surface area contributed by atoms with Gasteiger partial charge >= 0.3 is 0 Å². The van der Waals surface area contributed by atoms with E-state index in [2.05, 4.69) is 15.5 Å². The van der Waals surface area contributed by atoms with Gasteiger partial charge in [0.2, 0.25) is 5.91 Å². The molecule has 1 aromatic heterocycles. The Morgan fingerprint density at radius 3 is 2.84 bits per heavy atom. The summed E-state index contributed by atoms with van der Waals surface area (Å²) in [5, 5.41) is 6.63. The average Bonchev–Trinajstić information content (AvgIpc) is 2.89. The number of nitrogens with one attached hydrogen (secondary N) is 1. The van der Waals surface area contributed by atoms with Gasteiger partial charge in [0.05, 0.1) is 6.04 Å². The molecule has 6 heteroatoms. The smallest absolute Gasteiger partial charge is 0.257 e. The maximum Gasteiger partial charge on any atom is 0.257 e. The molecule has 0 saturated heterocycles. The minimum absolute atomic E-state index is 0.124. The number of rotatable bonds is 5. The average molecular weight is 260 g/mol. The molecule has 1 atom stereocenters. The molecule has 0 saturated carbocycles. The molecule has 0 spiro atoms. The van der Waals surface area contributed by atoms with Crippen molar-refractivity contribution in [3.05, 3.63) is 36.2 Å². The lowest BCUT2D eigenvalue weighted by Gasteiger charge is -2.08. The molecule has 0 aliphatic carbocycles. The summed E-state index contributed by atoms with van der Waals surface area (Å²) < 4.78 is 5.18. The second-order valence-corrected chi connectivity index (χ2v) is 4.15. The zero-order chi connectivity index (χ0) is 13.7. The van der Waals surface area contributed by atoms with E-state index in [-0.39, 0.29) is 18.4 Å². The van der Waals surface area contributed by atoms with Gasteiger partial charge in [-0.05, 0) is 19.1 Å². The summed E-state index contributed by atoms with van der Waals surface area (Å²) in [6.07, 6.45) is 0.285. The van der Waals surface area contributed by atoms with Crippen molar-refractivity contribution in [2.45, 2.75) is 19.4 Å². The predicted octanol–water partition coefficient (Wildman–Crippen LogP) is 1.26. The van der Waals surface area contributed by atoms with Crippen molar-refractivity contribution in [2.75, 3.05) is 6.54 Å². The van der Waals surface area contributed by atoms with Crippen LogP contribution in [0.25, 0.3) is 11.5 Å². The third-order valence-electron chi connectivity index (χ3n) is 2.60. The zero-order valence-electron chi connectivity index (χ0n) is 10.7. The van der Waals surface area contributed by atoms with Crippen molar-refractivity contribution in [3.63, 3.8) is 0 Å². The van der Waals surface area contributed by atoms with Crippen LogP contribution in [0.1, 0.15) is 25.2 Å². The van der Waals surface area contributed by atoms with Gasteiger partial charge in [-0.1, -0.05) is 23.4 Å². The molecule has 3 N–H and O–H groups in total. The first-order valence-corrected chi connectivity index (χ1v) is 6.09. The minimum Gasteiger partial charge on any atom is -0.346 e. The minimum atomic E-state index is -0.305. The Morgan fingerprint density at radius 1 is 1.42 bits per heavy atom. The number of nitrogens with two attached hydrogens (primary N) is 1. The summed E-state index contributed by atoms with van der Waals surface area (Å²) in [7, 11) is 0. The number of hydrogen-bond acceptors (Lipinski definition) is 5. The van der Waals surface area contributed by atoms with Crippen molar-refractivity contribution in [3.8, 4) is 11.5 Å². The zero-order valence-corrected chi connectivity index (χ0v) is 10.7. The predicted molar refractivity (Wildman–Crippen MR) is 70.0 cm³/mol. The lowest BCUT2D eigenvalue weighted by atomic mass is 10.2. The van der Waals surface area contributed by atoms with Gasteiger partial charge in [-0.25, -0.2) is 0 Å². The second kappa shape index (κ2) is 6.10. The van der Waals surface area contributed by atoms with Crippen LogP contribution in [0.5, 0.6) is 0 Å². The molecule has 1 amide bonds. The van der Waals surface area contributed by atoms with E-state index in [1.54, 1.807) is 6.92 Å². The number of aromatic nitrogens is 2. The van der Waals surface area contributed by atoms with Gasteiger partial charge in [-0.15, -0.1) is 0 Å². The maximum atomic E-state index is 11.4. The van der Waals surface area contributed by atoms with Gasteiger partial charge in [0.15, 0.2) is 5.82 Å². The van der Waals surface area contributed by atoms with Gasteiger partial charge in [0.25, 0.3) is 5.89 Å². The highest BCUT2D eigenvalue weighted by Gasteiger charge is 2.16. The highest BCUT2D eigenvalue weighted by Crippen LogP contribution is 2.18. The lowest BCUT2D eigenvalue weighted by molar-refractivity contribution is -0.121. The molecule has 0 aliphatic heterocycles. The summed E-state index contributed by atoms with van der Waals surface area (Å²) in [6, 6.07) is 9.16. The molecular formula is C13H16N4O2. The molecular weight excluding hydrogens is 244 g/mol. The van der Waals surface area contributed by atoms with E-state index >= 15 is 0 Å². The topological polar surface area (TPSA) is 94.0 Å². The lowest BCUT2D eigenvalue weighted by Crippen LogP contribution is -2.28. The molecule has 1 heterocycles. The number of hydrogen-bond donors (Lipinski definition) is 2. The summed E-state index contributed by atoms with van der Waals surface area (Å²) in [5.41, 5.74) is 6.16. The first-order valence-electron chi connectivity index (χ1n) is 6.09. The molecule has 19 heavy (non-hydrogen) atoms. The molecule has 0 bridgehead atoms. The first-order chi connectivity index (χ1) is 9.20. The fourth-order valence-electron chi connectivity index (χ4n) is 1.62. The summed E-state index contributed by atoms with van der Waals surface area (Å²) in [4.78, 5) is 15.7. The van der Waals surface area contributed by atoms with E-state index in [4.69, 9.17) is 10.3 Å². The highest BCUT2D eigenvalue weighted by molar-refractivity contribution is 5.76. The quantitative estimate of drug-likeness (QED) is 0.844. The van der Waals surface area contributed by atoms with Crippen LogP contribution in [0.15, 0.2) is 34.9 Å². The summed E-state index contributed by atoms with van der Waals surface area (Å²) in [6.45, 7) is 2.12. The second-order valence-electron chi connectivity index (χ2n) is 4.15. The molecule has 100 valence electrons. The third-order valence-corrected chi connectivity index (χ3v) is 2.60. The van der Waals surface area contributed by atoms with Gasteiger partial charge in [-0.2, -0.15) is 4.98 Å². The monoisotopic (exact) mass is 260 g/mol. The molecule has 2 rings (SSSR count). The Balaban J connectivity index is 2.07. The van der Waals surface area contributed by atoms with Crippen molar-refractivity contribution in [1.29, 1.82) is 0 Å². The van der Waals surface area contributed by atoms with Gasteiger partial charge in [0, 0.05) is 18.5 Å². The SMILES string of the molecule is CC(NC(=O)CCN)c1noc(-c2ccccc2)n1. The highest BCUT2D eigenvalue weighted by atomic mass is 16.5. The van der Waals surface area contributed by atoms with Crippen LogP contribution >= 0.6 is 0 Å². The standard InChI is InChI=1S/C13H16N4O2/c1-9(15-11(18)7-8-14)12-16-13(19-17-12)10-5-3-2-4-6-10/h2-6,9H,7-8,14H2,1H3,(H,15,18). The van der Waals surface area contributed by atoms with Crippen LogP contribution in [0.2, 0.25) is 0 Å². The van der Waals surface area contributed by atoms with Crippen molar-refractivity contribution in [2.24, 2.45) is 5.73 Å². The first kappa shape index (κ1) is 13.2. The van der Waals surface area contributed by atoms with Crippen molar-refractivity contribution in [1.82, 2.24) is 15.5 Å². The van der Waals surface area contributed by atoms with Crippen molar-refractivity contribution < 1.29 is 9.32 Å². The van der Waals surface area contributed by atoms with Crippen LogP contribution in [0.4, 0.5) is 0 Å². The molecule has 2 aromatic rings. The van der Waals surface area contributed by atoms with E-state index < -0.39 is 0 Å². The molecule has 1 unspecified atom stereocenters. The number of amides is 1. The van der Waals surface area contributed by atoms with Crippen LogP contribution < -0.4 is 11.1 Å². The van der Waals surface area contributed by atoms with E-state index in [9.17, 15) is 4.79 Å². The Labute approximate surface area is 111 Å². The fraction of sp³-hybridized carbons (Fsp3) is 0.308. The Hall–Kier alpha value is -2.21. The van der Waals surface area contributed by atoms with Crippen LogP contribution in [-0.4, -0.2) is 22.6 Å². The Kier molecular flexibility index (Phi) is 4.25. The fourth-order valence-corrected chi connectivity index (χ4v) is 1.62. The van der Waals surface area contributed by atoms with Crippen LogP contribution in [-0.2, 0) is 4.79 Å². The van der Waals surface area contributed by atoms with Crippen molar-refractivity contribution >= 4 is 5.91 Å². The number of benzene rings is 1. The van der Waals surface area contributed by atoms with E-state index in [0.29, 0.717) is 18.3 Å². The summed E-state index contributed by atoms with van der Waals surface area (Å²) >= 11 is 0. The van der Waals surface area contributed by atoms with E-state index in [1.807, 2.05) is 30.3 Å². The number of carbonyl (C=O) groups is 1. The molecule has 0 aliphatic rings. The summed E-state index contributed by atoms with van der Waals surface area (Å²) in [5.74, 6) is 0.765. The van der Waals surface area contributed by atoms with E-state index in [1.165, 1.54) is 0 Å². The van der Waals surface area contributed by atoms with Crippen LogP contribution in [0.3, 0.4) is 0 Å². The van der Waals surface area contributed by atoms with Gasteiger partial charge in [-0.3, -0.25) is 4.79 Å². The Morgan fingerprint density at radius 2 is 2.16 bits per heavy atom. The maximum absolute atomic E-state index is 11.4. The molecule has 1 aromatic carbocycles. The molecule has 6 nitrogen and oxygen atoms in total. The molecule has 0 radical (unpaired) electrons. The normalized spacial score (nSPS) is 12.1. The van der Waals surface area contributed by atoms with Crippen LogP contribution in [0, 0.1) is 0 Å². The van der Waals surface area contributed by atoms with E-state index in [0.717, 1.165) is 5.56 Å². The number of carbonyl (C=O) groups excluding carboxylic acids is 1. The van der Waals surface area contributed by atoms with Gasteiger partial charge in [0.1, 0.15) is 0 Å². The van der Waals surface area contributed by atoms with Gasteiger partial charge < -0.3 is 15.6 Å². The molecule has 0 fully saturated rings. The third kappa shape index (κ3) is 3.38. The largest absolute Gasteiger partial charge is 0.346 e.